The van der Waals surface area contributed by atoms with Gasteiger partial charge in [0.2, 0.25) is 5.91 Å². The van der Waals surface area contributed by atoms with E-state index in [1.807, 2.05) is 6.92 Å². The number of amides is 1. The van der Waals surface area contributed by atoms with E-state index in [4.69, 9.17) is 0 Å². The van der Waals surface area contributed by atoms with Crippen molar-refractivity contribution < 1.29 is 9.18 Å². The van der Waals surface area contributed by atoms with Crippen LogP contribution in [0, 0.1) is 5.82 Å². The van der Waals surface area contributed by atoms with Gasteiger partial charge in [-0.2, -0.15) is 0 Å². The second-order valence-corrected chi connectivity index (χ2v) is 3.20. The number of fused-ring (bicyclic) bond motifs is 1. The van der Waals surface area contributed by atoms with Crippen LogP contribution >= 0.6 is 0 Å². The van der Waals surface area contributed by atoms with Gasteiger partial charge in [-0.15, -0.1) is 0 Å². The summed E-state index contributed by atoms with van der Waals surface area (Å²) in [6, 6.07) is 4.70. The highest BCUT2D eigenvalue weighted by molar-refractivity contribution is 6.01. The average molecular weight is 194 g/mol. The first-order valence-corrected chi connectivity index (χ1v) is 4.55. The largest absolute Gasteiger partial charge is 0.358 e. The van der Waals surface area contributed by atoms with Gasteiger partial charge in [-0.05, 0) is 19.1 Å². The van der Waals surface area contributed by atoms with Crippen LogP contribution in [0.25, 0.3) is 0 Å². The van der Waals surface area contributed by atoms with Gasteiger partial charge in [-0.1, -0.05) is 6.07 Å². The summed E-state index contributed by atoms with van der Waals surface area (Å²) in [7, 11) is 0. The molecule has 0 unspecified atom stereocenters. The highest BCUT2D eigenvalue weighted by Crippen LogP contribution is 2.31. The first-order valence-electron chi connectivity index (χ1n) is 4.55. The Bertz CT molecular complexity index is 378. The van der Waals surface area contributed by atoms with Crippen molar-refractivity contribution in [3.05, 3.63) is 24.0 Å². The number of halogens is 1. The number of benzene rings is 1. The molecular formula is C10H11FN2O. The molecule has 3 nitrogen and oxygen atoms in total. The van der Waals surface area contributed by atoms with E-state index in [2.05, 4.69) is 5.32 Å². The average Bonchev–Trinajstić information content (AvgIpc) is 2.16. The van der Waals surface area contributed by atoms with Crippen LogP contribution in [0.2, 0.25) is 0 Å². The molecule has 0 aliphatic carbocycles. The van der Waals surface area contributed by atoms with Crippen LogP contribution in [-0.2, 0) is 4.79 Å². The number of anilines is 2. The lowest BCUT2D eigenvalue weighted by Crippen LogP contribution is -2.38. The van der Waals surface area contributed by atoms with E-state index in [-0.39, 0.29) is 18.3 Å². The number of hydrogen-bond donors (Lipinski definition) is 1. The Balaban J connectivity index is 2.51. The zero-order valence-corrected chi connectivity index (χ0v) is 7.88. The summed E-state index contributed by atoms with van der Waals surface area (Å²) in [5, 5.41) is 2.64. The van der Waals surface area contributed by atoms with Crippen molar-refractivity contribution in [2.45, 2.75) is 6.92 Å². The first-order chi connectivity index (χ1) is 6.72. The lowest BCUT2D eigenvalue weighted by molar-refractivity contribution is -0.115. The number of carbonyl (C=O) groups is 1. The SMILES string of the molecule is CCN1CC(=O)Nc2cccc(F)c21. The minimum absolute atomic E-state index is 0.0926. The Labute approximate surface area is 81.5 Å². The van der Waals surface area contributed by atoms with Crippen LogP contribution in [0.15, 0.2) is 18.2 Å². The number of para-hydroxylation sites is 1. The van der Waals surface area contributed by atoms with Crippen LogP contribution in [0.5, 0.6) is 0 Å². The fraction of sp³-hybridized carbons (Fsp3) is 0.300. The summed E-state index contributed by atoms with van der Waals surface area (Å²) in [6.45, 7) is 2.75. The highest BCUT2D eigenvalue weighted by atomic mass is 19.1. The molecule has 0 radical (unpaired) electrons. The summed E-state index contributed by atoms with van der Waals surface area (Å²) in [5.74, 6) is -0.380. The van der Waals surface area contributed by atoms with E-state index in [9.17, 15) is 9.18 Å². The third kappa shape index (κ3) is 1.32. The van der Waals surface area contributed by atoms with E-state index in [1.165, 1.54) is 6.07 Å². The van der Waals surface area contributed by atoms with Crippen molar-refractivity contribution in [2.24, 2.45) is 0 Å². The minimum atomic E-state index is -0.288. The number of nitrogens with one attached hydrogen (secondary N) is 1. The van der Waals surface area contributed by atoms with Gasteiger partial charge in [0.25, 0.3) is 0 Å². The molecule has 14 heavy (non-hydrogen) atoms. The smallest absolute Gasteiger partial charge is 0.243 e. The number of carbonyl (C=O) groups excluding carboxylic acids is 1. The molecule has 4 heteroatoms. The summed E-state index contributed by atoms with van der Waals surface area (Å²) >= 11 is 0. The van der Waals surface area contributed by atoms with E-state index in [0.717, 1.165) is 0 Å². The molecule has 0 saturated carbocycles. The van der Waals surface area contributed by atoms with Gasteiger partial charge in [0.15, 0.2) is 0 Å². The molecule has 2 rings (SSSR count). The molecule has 0 spiro atoms. The molecule has 1 heterocycles. The molecule has 74 valence electrons. The summed E-state index contributed by atoms with van der Waals surface area (Å²) in [4.78, 5) is 13.0. The molecule has 1 aromatic rings. The summed E-state index contributed by atoms with van der Waals surface area (Å²) in [5.41, 5.74) is 1.05. The van der Waals surface area contributed by atoms with Gasteiger partial charge >= 0.3 is 0 Å². The molecule has 1 aliphatic rings. The maximum absolute atomic E-state index is 13.4. The normalized spacial score (nSPS) is 15.0. The van der Waals surface area contributed by atoms with E-state index in [0.29, 0.717) is 17.9 Å². The van der Waals surface area contributed by atoms with Crippen molar-refractivity contribution in [3.8, 4) is 0 Å². The standard InChI is InChI=1S/C10H11FN2O/c1-2-13-6-9(14)12-8-5-3-4-7(11)10(8)13/h3-5H,2,6H2,1H3,(H,12,14). The molecule has 0 fully saturated rings. The summed E-state index contributed by atoms with van der Waals surface area (Å²) < 4.78 is 13.4. The quantitative estimate of drug-likeness (QED) is 0.736. The Morgan fingerprint density at radius 3 is 3.07 bits per heavy atom. The van der Waals surface area contributed by atoms with Crippen molar-refractivity contribution in [1.82, 2.24) is 0 Å². The zero-order chi connectivity index (χ0) is 10.1. The lowest BCUT2D eigenvalue weighted by Gasteiger charge is -2.29. The maximum atomic E-state index is 13.4. The van der Waals surface area contributed by atoms with Crippen LogP contribution < -0.4 is 10.2 Å². The van der Waals surface area contributed by atoms with Gasteiger partial charge in [-0.25, -0.2) is 4.39 Å². The Hall–Kier alpha value is -1.58. The van der Waals surface area contributed by atoms with Gasteiger partial charge < -0.3 is 10.2 Å². The third-order valence-electron chi connectivity index (χ3n) is 2.29. The van der Waals surface area contributed by atoms with E-state index >= 15 is 0 Å². The number of nitrogens with zero attached hydrogens (tertiary/aromatic N) is 1. The lowest BCUT2D eigenvalue weighted by atomic mass is 10.2. The zero-order valence-electron chi connectivity index (χ0n) is 7.88. The molecule has 1 aliphatic heterocycles. The summed E-state index contributed by atoms with van der Waals surface area (Å²) in [6.07, 6.45) is 0. The fourth-order valence-corrected chi connectivity index (χ4v) is 1.65. The second-order valence-electron chi connectivity index (χ2n) is 3.20. The topological polar surface area (TPSA) is 32.3 Å². The molecule has 0 aromatic heterocycles. The van der Waals surface area contributed by atoms with Crippen molar-refractivity contribution in [3.63, 3.8) is 0 Å². The molecule has 1 amide bonds. The monoisotopic (exact) mass is 194 g/mol. The second kappa shape index (κ2) is 3.29. The fourth-order valence-electron chi connectivity index (χ4n) is 1.65. The number of hydrogen-bond acceptors (Lipinski definition) is 2. The Morgan fingerprint density at radius 2 is 2.36 bits per heavy atom. The number of likely N-dealkylation sites (N-methyl/N-ethyl adjacent to an activating group) is 1. The predicted molar refractivity (Wildman–Crippen MR) is 52.9 cm³/mol. The maximum Gasteiger partial charge on any atom is 0.243 e. The first kappa shape index (κ1) is 8.99. The van der Waals surface area contributed by atoms with Crippen molar-refractivity contribution in [2.75, 3.05) is 23.3 Å². The molecular weight excluding hydrogens is 183 g/mol. The molecule has 1 aromatic carbocycles. The molecule has 0 saturated heterocycles. The van der Waals surface area contributed by atoms with Crippen LogP contribution in [0.1, 0.15) is 6.92 Å². The van der Waals surface area contributed by atoms with Crippen LogP contribution in [0.3, 0.4) is 0 Å². The van der Waals surface area contributed by atoms with Crippen LogP contribution in [0.4, 0.5) is 15.8 Å². The Kier molecular flexibility index (Phi) is 2.11. The van der Waals surface area contributed by atoms with Gasteiger partial charge in [0.05, 0.1) is 17.9 Å². The van der Waals surface area contributed by atoms with Crippen LogP contribution in [-0.4, -0.2) is 19.0 Å². The van der Waals surface area contributed by atoms with E-state index in [1.54, 1.807) is 17.0 Å². The molecule has 1 N–H and O–H groups in total. The van der Waals surface area contributed by atoms with Crippen molar-refractivity contribution in [1.29, 1.82) is 0 Å². The van der Waals surface area contributed by atoms with E-state index < -0.39 is 0 Å². The predicted octanol–water partition coefficient (Wildman–Crippen LogP) is 1.60. The molecule has 0 bridgehead atoms. The highest BCUT2D eigenvalue weighted by Gasteiger charge is 2.23. The number of rotatable bonds is 1. The third-order valence-corrected chi connectivity index (χ3v) is 2.29. The Morgan fingerprint density at radius 1 is 1.57 bits per heavy atom. The van der Waals surface area contributed by atoms with Crippen molar-refractivity contribution >= 4 is 17.3 Å². The minimum Gasteiger partial charge on any atom is -0.358 e. The van der Waals surface area contributed by atoms with Gasteiger partial charge in [-0.3, -0.25) is 4.79 Å². The van der Waals surface area contributed by atoms with Gasteiger partial charge in [0, 0.05) is 6.54 Å². The molecule has 0 atom stereocenters. The van der Waals surface area contributed by atoms with Gasteiger partial charge in [0.1, 0.15) is 5.82 Å².